The number of aryl methyl sites for hydroxylation is 2. The van der Waals surface area contributed by atoms with Gasteiger partial charge in [0.1, 0.15) is 0 Å². The molecule has 1 aliphatic heterocycles. The summed E-state index contributed by atoms with van der Waals surface area (Å²) < 4.78 is 5.77. The van der Waals surface area contributed by atoms with E-state index in [2.05, 4.69) is 23.3 Å². The largest absolute Gasteiger partial charge is 0.375 e. The molecule has 0 spiro atoms. The number of rotatable bonds is 4. The highest BCUT2D eigenvalue weighted by molar-refractivity contribution is 7.14. The summed E-state index contributed by atoms with van der Waals surface area (Å²) in [5, 5.41) is 3.19. The lowest BCUT2D eigenvalue weighted by molar-refractivity contribution is 0.0514. The maximum Gasteiger partial charge on any atom is 0.261 e. The molecule has 4 nitrogen and oxygen atoms in total. The molecule has 1 aromatic rings. The fourth-order valence-corrected chi connectivity index (χ4v) is 4.66. The first-order valence-electron chi connectivity index (χ1n) is 8.40. The number of carbonyl (C=O) groups excluding carboxylic acids is 1. The van der Waals surface area contributed by atoms with Crippen LogP contribution < -0.4 is 5.32 Å². The Hall–Kier alpha value is -0.910. The summed E-state index contributed by atoms with van der Waals surface area (Å²) in [6.07, 6.45) is 6.21. The van der Waals surface area contributed by atoms with Gasteiger partial charge in [0.05, 0.1) is 17.0 Å². The van der Waals surface area contributed by atoms with E-state index in [1.54, 1.807) is 11.3 Å². The topological polar surface area (TPSA) is 41.6 Å². The SMILES string of the molecule is CCO[C@H]1CN(C)C[C@@H]1NC(=O)c1cc2c(s1)CCCCC2. The molecule has 1 aromatic heterocycles. The van der Waals surface area contributed by atoms with Gasteiger partial charge in [0.2, 0.25) is 0 Å². The van der Waals surface area contributed by atoms with E-state index in [0.29, 0.717) is 6.61 Å². The van der Waals surface area contributed by atoms with Crippen molar-refractivity contribution >= 4 is 17.2 Å². The fourth-order valence-electron chi connectivity index (χ4n) is 3.50. The molecule has 0 radical (unpaired) electrons. The van der Waals surface area contributed by atoms with Crippen molar-refractivity contribution in [3.05, 3.63) is 21.4 Å². The van der Waals surface area contributed by atoms with E-state index in [4.69, 9.17) is 4.74 Å². The van der Waals surface area contributed by atoms with Crippen molar-refractivity contribution in [3.8, 4) is 0 Å². The molecule has 22 heavy (non-hydrogen) atoms. The zero-order chi connectivity index (χ0) is 15.5. The lowest BCUT2D eigenvalue weighted by Crippen LogP contribution is -2.43. The second-order valence-electron chi connectivity index (χ2n) is 6.41. The lowest BCUT2D eigenvalue weighted by atomic mass is 10.1. The van der Waals surface area contributed by atoms with Crippen LogP contribution >= 0.6 is 11.3 Å². The van der Waals surface area contributed by atoms with Gasteiger partial charge in [0.25, 0.3) is 5.91 Å². The van der Waals surface area contributed by atoms with Gasteiger partial charge in [-0.1, -0.05) is 6.42 Å². The summed E-state index contributed by atoms with van der Waals surface area (Å²) in [6, 6.07) is 2.22. The van der Waals surface area contributed by atoms with Crippen molar-refractivity contribution in [1.29, 1.82) is 0 Å². The van der Waals surface area contributed by atoms with Gasteiger partial charge < -0.3 is 15.0 Å². The summed E-state index contributed by atoms with van der Waals surface area (Å²) >= 11 is 1.69. The van der Waals surface area contributed by atoms with Crippen LogP contribution in [0.15, 0.2) is 6.07 Å². The summed E-state index contributed by atoms with van der Waals surface area (Å²) in [7, 11) is 2.07. The van der Waals surface area contributed by atoms with Crippen LogP contribution in [0.1, 0.15) is 46.3 Å². The van der Waals surface area contributed by atoms with Crippen molar-refractivity contribution in [2.45, 2.75) is 51.2 Å². The van der Waals surface area contributed by atoms with Crippen LogP contribution in [0.4, 0.5) is 0 Å². The second kappa shape index (κ2) is 7.11. The van der Waals surface area contributed by atoms with Crippen molar-refractivity contribution in [3.63, 3.8) is 0 Å². The molecule has 2 aliphatic rings. The molecular weight excluding hydrogens is 296 g/mol. The number of hydrogen-bond acceptors (Lipinski definition) is 4. The number of carbonyl (C=O) groups is 1. The van der Waals surface area contributed by atoms with E-state index in [1.165, 1.54) is 29.7 Å². The third-order valence-electron chi connectivity index (χ3n) is 4.62. The Balaban J connectivity index is 1.66. The fraction of sp³-hybridized carbons (Fsp3) is 0.706. The first-order valence-corrected chi connectivity index (χ1v) is 9.21. The number of nitrogens with one attached hydrogen (secondary N) is 1. The van der Waals surface area contributed by atoms with Crippen molar-refractivity contribution in [1.82, 2.24) is 10.2 Å². The van der Waals surface area contributed by atoms with Crippen LogP contribution in [-0.2, 0) is 17.6 Å². The number of thiophene rings is 1. The number of likely N-dealkylation sites (N-methyl/N-ethyl adjacent to an activating group) is 1. The standard InChI is InChI=1S/C17H26N2O2S/c1-3-21-14-11-19(2)10-13(14)18-17(20)16-9-12-7-5-4-6-8-15(12)22-16/h9,13-14H,3-8,10-11H2,1-2H3,(H,18,20)/t13-,14-/m0/s1. The van der Waals surface area contributed by atoms with Crippen LogP contribution in [-0.4, -0.2) is 49.7 Å². The third-order valence-corrected chi connectivity index (χ3v) is 5.85. The highest BCUT2D eigenvalue weighted by Gasteiger charge is 2.33. The molecule has 0 bridgehead atoms. The number of fused-ring (bicyclic) bond motifs is 1. The highest BCUT2D eigenvalue weighted by atomic mass is 32.1. The third kappa shape index (κ3) is 3.53. The smallest absolute Gasteiger partial charge is 0.261 e. The summed E-state index contributed by atoms with van der Waals surface area (Å²) in [5.41, 5.74) is 1.40. The van der Waals surface area contributed by atoms with Gasteiger partial charge in [0, 0.05) is 24.6 Å². The Morgan fingerprint density at radius 1 is 1.36 bits per heavy atom. The molecule has 3 rings (SSSR count). The van der Waals surface area contributed by atoms with Crippen LogP contribution in [0.3, 0.4) is 0 Å². The molecule has 1 fully saturated rings. The van der Waals surface area contributed by atoms with Crippen LogP contribution in [0.5, 0.6) is 0 Å². The first-order chi connectivity index (χ1) is 10.7. The lowest BCUT2D eigenvalue weighted by Gasteiger charge is -2.19. The van der Waals surface area contributed by atoms with E-state index < -0.39 is 0 Å². The van der Waals surface area contributed by atoms with Gasteiger partial charge >= 0.3 is 0 Å². The molecule has 0 saturated carbocycles. The molecule has 1 saturated heterocycles. The number of nitrogens with zero attached hydrogens (tertiary/aromatic N) is 1. The molecule has 5 heteroatoms. The summed E-state index contributed by atoms with van der Waals surface area (Å²) in [4.78, 5) is 17.1. The second-order valence-corrected chi connectivity index (χ2v) is 7.55. The Morgan fingerprint density at radius 3 is 3.00 bits per heavy atom. The van der Waals surface area contributed by atoms with Gasteiger partial charge in [0.15, 0.2) is 0 Å². The number of ether oxygens (including phenoxy) is 1. The Labute approximate surface area is 136 Å². The van der Waals surface area contributed by atoms with E-state index >= 15 is 0 Å². The van der Waals surface area contributed by atoms with Crippen LogP contribution in [0.2, 0.25) is 0 Å². The van der Waals surface area contributed by atoms with E-state index in [0.717, 1.165) is 30.8 Å². The number of hydrogen-bond donors (Lipinski definition) is 1. The molecular formula is C17H26N2O2S. The van der Waals surface area contributed by atoms with Gasteiger partial charge in [-0.25, -0.2) is 0 Å². The van der Waals surface area contributed by atoms with Gasteiger partial charge in [-0.2, -0.15) is 0 Å². The Bertz CT molecular complexity index is 505. The molecule has 2 atom stereocenters. The Kier molecular flexibility index (Phi) is 5.16. The number of amides is 1. The normalized spacial score (nSPS) is 25.7. The molecule has 1 aliphatic carbocycles. The van der Waals surface area contributed by atoms with Gasteiger partial charge in [-0.15, -0.1) is 11.3 Å². The minimum atomic E-state index is 0.0723. The van der Waals surface area contributed by atoms with E-state index in [9.17, 15) is 4.79 Å². The van der Waals surface area contributed by atoms with Crippen LogP contribution in [0.25, 0.3) is 0 Å². The number of likely N-dealkylation sites (tertiary alicyclic amines) is 1. The molecule has 2 heterocycles. The molecule has 122 valence electrons. The predicted molar refractivity (Wildman–Crippen MR) is 89.7 cm³/mol. The zero-order valence-corrected chi connectivity index (χ0v) is 14.4. The minimum absolute atomic E-state index is 0.0723. The van der Waals surface area contributed by atoms with Gasteiger partial charge in [-0.3, -0.25) is 4.79 Å². The van der Waals surface area contributed by atoms with Crippen molar-refractivity contribution < 1.29 is 9.53 Å². The van der Waals surface area contributed by atoms with Gasteiger partial charge in [-0.05, 0) is 51.3 Å². The summed E-state index contributed by atoms with van der Waals surface area (Å²) in [5.74, 6) is 0.0723. The maximum absolute atomic E-state index is 12.6. The zero-order valence-electron chi connectivity index (χ0n) is 13.6. The van der Waals surface area contributed by atoms with E-state index in [1.807, 2.05) is 6.92 Å². The average Bonchev–Trinajstić information content (AvgIpc) is 2.96. The first kappa shape index (κ1) is 16.0. The van der Waals surface area contributed by atoms with Crippen LogP contribution in [0, 0.1) is 0 Å². The van der Waals surface area contributed by atoms with E-state index in [-0.39, 0.29) is 18.1 Å². The molecule has 0 unspecified atom stereocenters. The average molecular weight is 322 g/mol. The minimum Gasteiger partial charge on any atom is -0.375 e. The molecule has 0 aromatic carbocycles. The molecule has 1 amide bonds. The molecule has 1 N–H and O–H groups in total. The highest BCUT2D eigenvalue weighted by Crippen LogP contribution is 2.29. The predicted octanol–water partition coefficient (Wildman–Crippen LogP) is 2.47. The quantitative estimate of drug-likeness (QED) is 0.866. The summed E-state index contributed by atoms with van der Waals surface area (Å²) in [6.45, 7) is 4.45. The Morgan fingerprint density at radius 2 is 2.18 bits per heavy atom. The van der Waals surface area contributed by atoms with Crippen molar-refractivity contribution in [2.75, 3.05) is 26.7 Å². The monoisotopic (exact) mass is 322 g/mol. The maximum atomic E-state index is 12.6. The van der Waals surface area contributed by atoms with Crippen molar-refractivity contribution in [2.24, 2.45) is 0 Å².